The number of hydrogen-bond donors (Lipinski definition) is 1. The highest BCUT2D eigenvalue weighted by atomic mass is 14.4. The van der Waals surface area contributed by atoms with Gasteiger partial charge in [-0.15, -0.1) is 0 Å². The van der Waals surface area contributed by atoms with Crippen molar-refractivity contribution in [2.24, 2.45) is 5.64 Å². The van der Waals surface area contributed by atoms with Crippen molar-refractivity contribution in [3.63, 3.8) is 0 Å². The summed E-state index contributed by atoms with van der Waals surface area (Å²) in [5, 5.41) is 0. The lowest BCUT2D eigenvalue weighted by Gasteiger charge is -2.17. The molecule has 1 nitrogen and oxygen atoms in total. The van der Waals surface area contributed by atoms with Gasteiger partial charge in [0.1, 0.15) is 0 Å². The Bertz CT molecular complexity index is 59.5. The monoisotopic (exact) mass is 111 g/mol. The molecule has 0 bridgehead atoms. The summed E-state index contributed by atoms with van der Waals surface area (Å²) in [6, 6.07) is 0. The Morgan fingerprint density at radius 3 is 2.12 bits per heavy atom. The average Bonchev–Trinajstić information content (AvgIpc) is 1.90. The zero-order valence-electron chi connectivity index (χ0n) is 5.40. The maximum atomic E-state index is 5.50. The average molecular weight is 111 g/mol. The second-order valence-corrected chi connectivity index (χ2v) is 2.74. The Morgan fingerprint density at radius 2 is 1.75 bits per heavy atom. The van der Waals surface area contributed by atoms with Crippen LogP contribution in [0.1, 0.15) is 32.1 Å². The van der Waals surface area contributed by atoms with Gasteiger partial charge < -0.3 is 5.64 Å². The van der Waals surface area contributed by atoms with E-state index in [-0.39, 0.29) is 0 Å². The van der Waals surface area contributed by atoms with Gasteiger partial charge in [-0.05, 0) is 0 Å². The third kappa shape index (κ3) is 1.51. The van der Waals surface area contributed by atoms with Crippen LogP contribution >= 0.6 is 0 Å². The van der Waals surface area contributed by atoms with E-state index in [2.05, 4.69) is 0 Å². The molecule has 1 fully saturated rings. The second kappa shape index (κ2) is 3.13. The number of hydrogen-bond acceptors (Lipinski definition) is 1. The zero-order valence-corrected chi connectivity index (χ0v) is 5.40. The number of rotatable bonds is 1. The van der Waals surface area contributed by atoms with Crippen molar-refractivity contribution >= 4 is 7.41 Å². The zero-order chi connectivity index (χ0) is 5.82. The van der Waals surface area contributed by atoms with Crippen molar-refractivity contribution in [1.29, 1.82) is 0 Å². The van der Waals surface area contributed by atoms with Crippen molar-refractivity contribution in [2.45, 2.75) is 37.9 Å². The first kappa shape index (κ1) is 6.15. The summed E-state index contributed by atoms with van der Waals surface area (Å²) in [5.74, 6) is 0.865. The largest absolute Gasteiger partial charge is 0.373 e. The third-order valence-corrected chi connectivity index (χ3v) is 2.06. The summed E-state index contributed by atoms with van der Waals surface area (Å²) in [6.45, 7) is 0. The Kier molecular flexibility index (Phi) is 2.41. The van der Waals surface area contributed by atoms with Gasteiger partial charge in [0, 0.05) is 0 Å². The SMILES string of the molecule is NBC1CCCCC1. The van der Waals surface area contributed by atoms with E-state index < -0.39 is 0 Å². The van der Waals surface area contributed by atoms with Crippen LogP contribution in [-0.2, 0) is 0 Å². The van der Waals surface area contributed by atoms with Gasteiger partial charge in [-0.2, -0.15) is 0 Å². The van der Waals surface area contributed by atoms with Crippen molar-refractivity contribution in [3.8, 4) is 0 Å². The van der Waals surface area contributed by atoms with Crippen LogP contribution < -0.4 is 5.64 Å². The Hall–Kier alpha value is 0.0249. The Labute approximate surface area is 51.9 Å². The van der Waals surface area contributed by atoms with Crippen molar-refractivity contribution in [3.05, 3.63) is 0 Å². The van der Waals surface area contributed by atoms with Crippen LogP contribution in [0.4, 0.5) is 0 Å². The molecule has 2 N–H and O–H groups in total. The molecule has 0 spiro atoms. The van der Waals surface area contributed by atoms with Crippen LogP contribution in [0.3, 0.4) is 0 Å². The Balaban J connectivity index is 2.13. The first-order chi connectivity index (χ1) is 3.93. The molecule has 1 saturated carbocycles. The molecule has 8 heavy (non-hydrogen) atoms. The van der Waals surface area contributed by atoms with Crippen LogP contribution in [0.25, 0.3) is 0 Å². The molecule has 0 aromatic heterocycles. The summed E-state index contributed by atoms with van der Waals surface area (Å²) >= 11 is 0. The van der Waals surface area contributed by atoms with Crippen molar-refractivity contribution < 1.29 is 0 Å². The standard InChI is InChI=1S/C6H14BN/c8-7-6-4-2-1-3-5-6/h6-7H,1-5,8H2. The van der Waals surface area contributed by atoms with Gasteiger partial charge in [0.25, 0.3) is 0 Å². The van der Waals surface area contributed by atoms with E-state index in [1.54, 1.807) is 0 Å². The normalized spacial score (nSPS) is 23.1. The lowest BCUT2D eigenvalue weighted by Crippen LogP contribution is -2.15. The minimum atomic E-state index is 0.865. The molecular weight excluding hydrogens is 96.9 g/mol. The lowest BCUT2D eigenvalue weighted by atomic mass is 9.68. The van der Waals surface area contributed by atoms with E-state index in [9.17, 15) is 0 Å². The molecule has 0 heterocycles. The molecule has 0 radical (unpaired) electrons. The molecule has 0 aromatic carbocycles. The van der Waals surface area contributed by atoms with E-state index in [0.717, 1.165) is 13.2 Å². The van der Waals surface area contributed by atoms with Gasteiger partial charge in [0.15, 0.2) is 0 Å². The molecule has 46 valence electrons. The molecule has 0 amide bonds. The van der Waals surface area contributed by atoms with Gasteiger partial charge in [0.2, 0.25) is 7.41 Å². The smallest absolute Gasteiger partial charge is 0.201 e. The van der Waals surface area contributed by atoms with Crippen LogP contribution in [0, 0.1) is 0 Å². The van der Waals surface area contributed by atoms with Crippen LogP contribution in [0.2, 0.25) is 5.82 Å². The van der Waals surface area contributed by atoms with Crippen molar-refractivity contribution in [2.75, 3.05) is 0 Å². The molecule has 1 aliphatic carbocycles. The van der Waals surface area contributed by atoms with E-state index in [4.69, 9.17) is 5.64 Å². The highest BCUT2D eigenvalue weighted by molar-refractivity contribution is 6.33. The fourth-order valence-electron chi connectivity index (χ4n) is 1.42. The molecule has 1 aliphatic rings. The predicted octanol–water partition coefficient (Wildman–Crippen LogP) is 1.05. The van der Waals surface area contributed by atoms with E-state index in [1.807, 2.05) is 0 Å². The Morgan fingerprint density at radius 1 is 1.12 bits per heavy atom. The molecule has 2 heteroatoms. The summed E-state index contributed by atoms with van der Waals surface area (Å²) < 4.78 is 0. The topological polar surface area (TPSA) is 26.0 Å². The van der Waals surface area contributed by atoms with Gasteiger partial charge in [-0.3, -0.25) is 0 Å². The van der Waals surface area contributed by atoms with Crippen LogP contribution in [0.5, 0.6) is 0 Å². The third-order valence-electron chi connectivity index (χ3n) is 2.06. The first-order valence-corrected chi connectivity index (χ1v) is 3.63. The maximum absolute atomic E-state index is 5.50. The van der Waals surface area contributed by atoms with Gasteiger partial charge in [-0.25, -0.2) is 0 Å². The molecule has 0 atom stereocenters. The summed E-state index contributed by atoms with van der Waals surface area (Å²) in [4.78, 5) is 0. The van der Waals surface area contributed by atoms with Gasteiger partial charge in [-0.1, -0.05) is 37.9 Å². The lowest BCUT2D eigenvalue weighted by molar-refractivity contribution is 0.500. The first-order valence-electron chi connectivity index (χ1n) is 3.63. The molecule has 0 aromatic rings. The minimum absolute atomic E-state index is 0.865. The maximum Gasteiger partial charge on any atom is 0.201 e. The highest BCUT2D eigenvalue weighted by Crippen LogP contribution is 2.26. The van der Waals surface area contributed by atoms with Crippen molar-refractivity contribution in [1.82, 2.24) is 0 Å². The van der Waals surface area contributed by atoms with E-state index >= 15 is 0 Å². The second-order valence-electron chi connectivity index (χ2n) is 2.74. The fourth-order valence-corrected chi connectivity index (χ4v) is 1.42. The molecule has 0 saturated heterocycles. The quantitative estimate of drug-likeness (QED) is 0.503. The van der Waals surface area contributed by atoms with E-state index in [1.165, 1.54) is 32.1 Å². The number of nitrogens with two attached hydrogens (primary N) is 1. The molecular formula is C6H14BN. The summed E-state index contributed by atoms with van der Waals surface area (Å²) in [7, 11) is 0.917. The van der Waals surface area contributed by atoms with Gasteiger partial charge in [0.05, 0.1) is 0 Å². The molecule has 0 unspecified atom stereocenters. The molecule has 1 rings (SSSR count). The summed E-state index contributed by atoms with van der Waals surface area (Å²) in [5.41, 5.74) is 5.50. The molecule has 0 aliphatic heterocycles. The predicted molar refractivity (Wildman–Crippen MR) is 38.2 cm³/mol. The van der Waals surface area contributed by atoms with Crippen LogP contribution in [0.15, 0.2) is 0 Å². The summed E-state index contributed by atoms with van der Waals surface area (Å²) in [6.07, 6.45) is 7.05. The minimum Gasteiger partial charge on any atom is -0.373 e. The fraction of sp³-hybridized carbons (Fsp3) is 1.00. The van der Waals surface area contributed by atoms with Crippen LogP contribution in [-0.4, -0.2) is 7.41 Å². The van der Waals surface area contributed by atoms with E-state index in [0.29, 0.717) is 0 Å². The van der Waals surface area contributed by atoms with Gasteiger partial charge >= 0.3 is 0 Å². The highest BCUT2D eigenvalue weighted by Gasteiger charge is 2.11.